The van der Waals surface area contributed by atoms with Gasteiger partial charge < -0.3 is 15.9 Å². The van der Waals surface area contributed by atoms with E-state index in [2.05, 4.69) is 0 Å². The van der Waals surface area contributed by atoms with Gasteiger partial charge in [-0.15, -0.1) is 12.4 Å². The fourth-order valence-corrected chi connectivity index (χ4v) is 2.50. The molecule has 0 heterocycles. The smallest absolute Gasteiger partial charge is 0.403 e. The molecule has 4 N–H and O–H groups in total. The average molecular weight is 384 g/mol. The Morgan fingerprint density at radius 1 is 0.960 bits per heavy atom. The van der Waals surface area contributed by atoms with Crippen molar-refractivity contribution in [3.05, 3.63) is 28.8 Å². The van der Waals surface area contributed by atoms with E-state index >= 15 is 0 Å². The van der Waals surface area contributed by atoms with Crippen LogP contribution in [0.15, 0.2) is 12.1 Å². The molecule has 1 aromatic carbocycles. The number of phenols is 1. The summed E-state index contributed by atoms with van der Waals surface area (Å²) >= 11 is 0. The number of halogens is 4. The molecule has 0 aliphatic rings. The predicted molar refractivity (Wildman–Crippen MR) is 96.4 cm³/mol. The second-order valence-electron chi connectivity index (χ2n) is 8.36. The summed E-state index contributed by atoms with van der Waals surface area (Å²) in [5, 5.41) is 20.9. The molecule has 0 aliphatic carbocycles. The SMILES string of the molecule is CC(C)(C)c1cc([C@H](O)C[C@@H](N)C(F)(F)F)cc(C(C)(C)C)c1O.Cl. The molecule has 146 valence electrons. The summed E-state index contributed by atoms with van der Waals surface area (Å²) in [6, 6.07) is 1.04. The van der Waals surface area contributed by atoms with E-state index in [4.69, 9.17) is 5.73 Å². The number of aromatic hydroxyl groups is 1. The van der Waals surface area contributed by atoms with Crippen molar-refractivity contribution in [2.75, 3.05) is 0 Å². The molecule has 0 aliphatic heterocycles. The number of aliphatic hydroxyl groups is 1. The molecule has 0 spiro atoms. The summed E-state index contributed by atoms with van der Waals surface area (Å²) < 4.78 is 38.0. The van der Waals surface area contributed by atoms with E-state index in [1.165, 1.54) is 0 Å². The van der Waals surface area contributed by atoms with Crippen molar-refractivity contribution in [3.8, 4) is 5.75 Å². The monoisotopic (exact) mass is 383 g/mol. The number of alkyl halides is 3. The van der Waals surface area contributed by atoms with Crippen LogP contribution in [0, 0.1) is 0 Å². The third kappa shape index (κ3) is 6.04. The Morgan fingerprint density at radius 2 is 1.32 bits per heavy atom. The lowest BCUT2D eigenvalue weighted by Crippen LogP contribution is -2.38. The molecule has 0 amide bonds. The van der Waals surface area contributed by atoms with Gasteiger partial charge in [-0.2, -0.15) is 13.2 Å². The molecule has 0 saturated carbocycles. The number of aliphatic hydroxyl groups excluding tert-OH is 1. The molecule has 1 aromatic rings. The Balaban J connectivity index is 0.00000576. The number of hydrogen-bond donors (Lipinski definition) is 3. The van der Waals surface area contributed by atoms with Crippen LogP contribution in [0.1, 0.15) is 70.8 Å². The minimum absolute atomic E-state index is 0. The van der Waals surface area contributed by atoms with Crippen LogP contribution >= 0.6 is 12.4 Å². The van der Waals surface area contributed by atoms with Gasteiger partial charge in [0, 0.05) is 6.42 Å². The summed E-state index contributed by atoms with van der Waals surface area (Å²) in [5.74, 6) is 0.117. The third-order valence-corrected chi connectivity index (χ3v) is 4.03. The van der Waals surface area contributed by atoms with Gasteiger partial charge in [-0.05, 0) is 39.7 Å². The van der Waals surface area contributed by atoms with Crippen LogP contribution in [0.25, 0.3) is 0 Å². The van der Waals surface area contributed by atoms with Gasteiger partial charge in [0.25, 0.3) is 0 Å². The van der Waals surface area contributed by atoms with Gasteiger partial charge in [-0.25, -0.2) is 0 Å². The predicted octanol–water partition coefficient (Wildman–Crippen LogP) is 4.72. The molecule has 2 atom stereocenters. The maximum absolute atomic E-state index is 12.7. The van der Waals surface area contributed by atoms with Gasteiger partial charge in [-0.1, -0.05) is 41.5 Å². The second kappa shape index (κ2) is 7.72. The van der Waals surface area contributed by atoms with Crippen molar-refractivity contribution >= 4 is 12.4 Å². The summed E-state index contributed by atoms with van der Waals surface area (Å²) in [6.45, 7) is 11.4. The first-order valence-corrected chi connectivity index (χ1v) is 7.93. The largest absolute Gasteiger partial charge is 0.507 e. The number of phenolic OH excluding ortho intramolecular Hbond substituents is 1. The van der Waals surface area contributed by atoms with Crippen LogP contribution in [0.2, 0.25) is 0 Å². The minimum Gasteiger partial charge on any atom is -0.507 e. The highest BCUT2D eigenvalue weighted by molar-refractivity contribution is 5.85. The molecule has 0 bridgehead atoms. The fraction of sp³-hybridized carbons (Fsp3) is 0.667. The van der Waals surface area contributed by atoms with Crippen molar-refractivity contribution < 1.29 is 23.4 Å². The van der Waals surface area contributed by atoms with Crippen LogP contribution in [0.3, 0.4) is 0 Å². The molecule has 0 radical (unpaired) electrons. The Morgan fingerprint density at radius 3 is 1.60 bits per heavy atom. The van der Waals surface area contributed by atoms with E-state index in [1.807, 2.05) is 41.5 Å². The van der Waals surface area contributed by atoms with Crippen molar-refractivity contribution in [1.82, 2.24) is 0 Å². The topological polar surface area (TPSA) is 66.5 Å². The van der Waals surface area contributed by atoms with Gasteiger partial charge in [0.15, 0.2) is 0 Å². The molecular formula is C18H29ClF3NO2. The highest BCUT2D eigenvalue weighted by Crippen LogP contribution is 2.41. The van der Waals surface area contributed by atoms with Gasteiger partial charge in [0.2, 0.25) is 0 Å². The summed E-state index contributed by atoms with van der Waals surface area (Å²) in [5.41, 5.74) is 5.79. The van der Waals surface area contributed by atoms with Gasteiger partial charge in [0.05, 0.1) is 6.10 Å². The minimum atomic E-state index is -4.56. The van der Waals surface area contributed by atoms with Crippen LogP contribution in [0.5, 0.6) is 5.75 Å². The first kappa shape index (κ1) is 24.0. The molecule has 3 nitrogen and oxygen atoms in total. The van der Waals surface area contributed by atoms with E-state index in [0.29, 0.717) is 16.7 Å². The molecule has 0 unspecified atom stereocenters. The lowest BCUT2D eigenvalue weighted by molar-refractivity contribution is -0.153. The van der Waals surface area contributed by atoms with Crippen LogP contribution < -0.4 is 5.73 Å². The molecule has 1 rings (SSSR count). The average Bonchev–Trinajstić information content (AvgIpc) is 2.34. The molecule has 0 saturated heterocycles. The lowest BCUT2D eigenvalue weighted by Gasteiger charge is -2.29. The van der Waals surface area contributed by atoms with Gasteiger partial charge in [-0.3, -0.25) is 0 Å². The summed E-state index contributed by atoms with van der Waals surface area (Å²) in [6.07, 6.45) is -6.54. The molecule has 25 heavy (non-hydrogen) atoms. The van der Waals surface area contributed by atoms with Gasteiger partial charge in [0.1, 0.15) is 11.8 Å². The zero-order valence-electron chi connectivity index (χ0n) is 15.5. The first-order chi connectivity index (χ1) is 10.5. The van der Waals surface area contributed by atoms with Crippen molar-refractivity contribution in [2.45, 2.75) is 77.1 Å². The number of nitrogens with two attached hydrogens (primary N) is 1. The standard InChI is InChI=1S/C18H28F3NO2.ClH/c1-16(2,3)11-7-10(8-12(15(11)24)17(4,5)6)13(23)9-14(22)18(19,20)21;/h7-8,13-14,23-24H,9,22H2,1-6H3;1H/t13-,14-;/m1./s1. The van der Waals surface area contributed by atoms with Crippen molar-refractivity contribution in [3.63, 3.8) is 0 Å². The number of hydrogen-bond acceptors (Lipinski definition) is 3. The molecule has 0 aromatic heterocycles. The van der Waals surface area contributed by atoms with Crippen LogP contribution in [-0.4, -0.2) is 22.4 Å². The summed E-state index contributed by atoms with van der Waals surface area (Å²) in [4.78, 5) is 0. The Kier molecular flexibility index (Phi) is 7.42. The van der Waals surface area contributed by atoms with E-state index in [1.54, 1.807) is 12.1 Å². The van der Waals surface area contributed by atoms with E-state index in [-0.39, 0.29) is 18.2 Å². The maximum Gasteiger partial charge on any atom is 0.403 e. The van der Waals surface area contributed by atoms with Crippen molar-refractivity contribution in [1.29, 1.82) is 0 Å². The Labute approximate surface area is 153 Å². The number of benzene rings is 1. The molecule has 7 heteroatoms. The zero-order valence-corrected chi connectivity index (χ0v) is 16.3. The maximum atomic E-state index is 12.7. The molecular weight excluding hydrogens is 355 g/mol. The van der Waals surface area contributed by atoms with Gasteiger partial charge >= 0.3 is 6.18 Å². The number of rotatable bonds is 3. The Bertz CT molecular complexity index is 554. The normalized spacial score (nSPS) is 15.5. The Hall–Kier alpha value is -0.980. The van der Waals surface area contributed by atoms with E-state index in [0.717, 1.165) is 0 Å². The van der Waals surface area contributed by atoms with Crippen LogP contribution in [0.4, 0.5) is 13.2 Å². The van der Waals surface area contributed by atoms with E-state index in [9.17, 15) is 23.4 Å². The third-order valence-electron chi connectivity index (χ3n) is 4.03. The second-order valence-corrected chi connectivity index (χ2v) is 8.36. The highest BCUT2D eigenvalue weighted by atomic mass is 35.5. The lowest BCUT2D eigenvalue weighted by atomic mass is 9.77. The van der Waals surface area contributed by atoms with Crippen LogP contribution in [-0.2, 0) is 10.8 Å². The summed E-state index contributed by atoms with van der Waals surface area (Å²) in [7, 11) is 0. The first-order valence-electron chi connectivity index (χ1n) is 7.93. The van der Waals surface area contributed by atoms with E-state index < -0.39 is 35.6 Å². The quantitative estimate of drug-likeness (QED) is 0.707. The highest BCUT2D eigenvalue weighted by Gasteiger charge is 2.38. The molecule has 0 fully saturated rings. The van der Waals surface area contributed by atoms with Crippen molar-refractivity contribution in [2.24, 2.45) is 5.73 Å². The zero-order chi connectivity index (χ0) is 19.1. The fourth-order valence-electron chi connectivity index (χ4n) is 2.50.